The molecule has 1 aliphatic carbocycles. The van der Waals surface area contributed by atoms with Crippen LogP contribution < -0.4 is 0 Å². The molecule has 2 aliphatic rings. The molecule has 5 nitrogen and oxygen atoms in total. The van der Waals surface area contributed by atoms with Crippen molar-refractivity contribution in [3.63, 3.8) is 0 Å². The van der Waals surface area contributed by atoms with E-state index in [9.17, 15) is 14.4 Å². The van der Waals surface area contributed by atoms with Crippen LogP contribution in [0.1, 0.15) is 49.4 Å². The molecule has 2 fully saturated rings. The Labute approximate surface area is 161 Å². The molecule has 134 valence electrons. The Balaban J connectivity index is 1.80. The lowest BCUT2D eigenvalue weighted by molar-refractivity contribution is -0.135. The fraction of sp³-hybridized carbons (Fsp3) is 0.526. The van der Waals surface area contributed by atoms with Crippen LogP contribution >= 0.6 is 22.6 Å². The summed E-state index contributed by atoms with van der Waals surface area (Å²) in [4.78, 5) is 41.0. The Morgan fingerprint density at radius 1 is 1.16 bits per heavy atom. The number of carbonyl (C=O) groups excluding carboxylic acids is 3. The Kier molecular flexibility index (Phi) is 5.18. The van der Waals surface area contributed by atoms with Gasteiger partial charge in [0.1, 0.15) is 5.54 Å². The number of Topliss-reactive ketones (excluding diaryl/α,β-unsaturated/α-hetero) is 1. The van der Waals surface area contributed by atoms with Crippen molar-refractivity contribution in [1.29, 1.82) is 0 Å². The average Bonchev–Trinajstić information content (AvgIpc) is 2.79. The van der Waals surface area contributed by atoms with Gasteiger partial charge >= 0.3 is 6.03 Å². The third-order valence-corrected chi connectivity index (χ3v) is 6.48. The summed E-state index contributed by atoms with van der Waals surface area (Å²) in [7, 11) is 1.68. The van der Waals surface area contributed by atoms with Gasteiger partial charge in [-0.25, -0.2) is 4.79 Å². The second-order valence-electron chi connectivity index (χ2n) is 7.15. The number of benzene rings is 1. The Morgan fingerprint density at radius 2 is 1.76 bits per heavy atom. The number of urea groups is 1. The highest BCUT2D eigenvalue weighted by molar-refractivity contribution is 14.1. The van der Waals surface area contributed by atoms with Gasteiger partial charge in [0.05, 0.1) is 6.54 Å². The Morgan fingerprint density at radius 3 is 2.36 bits per heavy atom. The quantitative estimate of drug-likeness (QED) is 0.396. The second-order valence-corrected chi connectivity index (χ2v) is 8.39. The van der Waals surface area contributed by atoms with Crippen molar-refractivity contribution in [1.82, 2.24) is 9.80 Å². The van der Waals surface area contributed by atoms with Gasteiger partial charge in [-0.05, 0) is 60.4 Å². The first-order valence-corrected chi connectivity index (χ1v) is 9.82. The number of likely N-dealkylation sites (N-methyl/N-ethyl adjacent to an activating group) is 1. The molecule has 25 heavy (non-hydrogen) atoms. The van der Waals surface area contributed by atoms with Crippen molar-refractivity contribution in [2.75, 3.05) is 13.6 Å². The van der Waals surface area contributed by atoms with Crippen LogP contribution in [0, 0.1) is 9.49 Å². The van der Waals surface area contributed by atoms with Crippen LogP contribution in [0.15, 0.2) is 24.3 Å². The molecule has 0 N–H and O–H groups in total. The number of rotatable bonds is 4. The SMILES string of the molecule is CN1C(=O)N(CC(=O)c2ccc(I)cc2)C(=O)C1(C)C1CCCCC1. The zero-order valence-corrected chi connectivity index (χ0v) is 16.8. The molecule has 0 aromatic heterocycles. The lowest BCUT2D eigenvalue weighted by Gasteiger charge is -2.38. The molecule has 1 aromatic carbocycles. The maximum Gasteiger partial charge on any atom is 0.327 e. The van der Waals surface area contributed by atoms with E-state index in [1.54, 1.807) is 24.1 Å². The normalized spacial score (nSPS) is 24.9. The monoisotopic (exact) mass is 454 g/mol. The van der Waals surface area contributed by atoms with E-state index in [-0.39, 0.29) is 30.2 Å². The van der Waals surface area contributed by atoms with Gasteiger partial charge in [0.15, 0.2) is 5.78 Å². The summed E-state index contributed by atoms with van der Waals surface area (Å²) in [6, 6.07) is 6.80. The van der Waals surface area contributed by atoms with Crippen molar-refractivity contribution in [2.45, 2.75) is 44.6 Å². The third-order valence-electron chi connectivity index (χ3n) is 5.76. The molecule has 1 aliphatic heterocycles. The number of halogens is 1. The number of hydrogen-bond donors (Lipinski definition) is 0. The van der Waals surface area contributed by atoms with Crippen LogP contribution in [-0.4, -0.2) is 46.7 Å². The van der Waals surface area contributed by atoms with Crippen LogP contribution in [-0.2, 0) is 4.79 Å². The summed E-state index contributed by atoms with van der Waals surface area (Å²) in [6.45, 7) is 1.67. The third kappa shape index (κ3) is 3.20. The smallest absolute Gasteiger partial charge is 0.313 e. The number of hydrogen-bond acceptors (Lipinski definition) is 3. The molecule has 6 heteroatoms. The van der Waals surface area contributed by atoms with E-state index in [0.717, 1.165) is 34.2 Å². The second kappa shape index (κ2) is 7.05. The van der Waals surface area contributed by atoms with Gasteiger partial charge in [-0.3, -0.25) is 14.5 Å². The highest BCUT2D eigenvalue weighted by Crippen LogP contribution is 2.40. The molecular formula is C19H23IN2O3. The largest absolute Gasteiger partial charge is 0.327 e. The fourth-order valence-electron chi connectivity index (χ4n) is 4.01. The lowest BCUT2D eigenvalue weighted by atomic mass is 9.75. The number of carbonyl (C=O) groups is 3. The predicted octanol–water partition coefficient (Wildman–Crippen LogP) is 3.71. The van der Waals surface area contributed by atoms with Gasteiger partial charge in [-0.1, -0.05) is 31.4 Å². The first kappa shape index (κ1) is 18.4. The standard InChI is InChI=1S/C19H23IN2O3/c1-19(14-6-4-3-5-7-14)17(24)22(18(25)21(19)2)12-16(23)13-8-10-15(20)11-9-13/h8-11,14H,3-7,12H2,1-2H3. The van der Waals surface area contributed by atoms with E-state index >= 15 is 0 Å². The van der Waals surface area contributed by atoms with Crippen molar-refractivity contribution < 1.29 is 14.4 Å². The fourth-order valence-corrected chi connectivity index (χ4v) is 4.37. The molecule has 1 heterocycles. The minimum atomic E-state index is -0.830. The van der Waals surface area contributed by atoms with Gasteiger partial charge < -0.3 is 4.90 Å². The van der Waals surface area contributed by atoms with E-state index < -0.39 is 5.54 Å². The first-order valence-electron chi connectivity index (χ1n) is 8.74. The van der Waals surface area contributed by atoms with E-state index in [1.807, 2.05) is 19.1 Å². The zero-order valence-electron chi connectivity index (χ0n) is 14.6. The molecule has 1 saturated carbocycles. The van der Waals surface area contributed by atoms with E-state index in [2.05, 4.69) is 22.6 Å². The number of amides is 3. The maximum atomic E-state index is 13.1. The maximum absolute atomic E-state index is 13.1. The molecule has 0 spiro atoms. The molecule has 3 amide bonds. The number of imide groups is 1. The number of ketones is 1. The van der Waals surface area contributed by atoms with E-state index in [1.165, 1.54) is 6.42 Å². The van der Waals surface area contributed by atoms with Crippen LogP contribution in [0.5, 0.6) is 0 Å². The first-order chi connectivity index (χ1) is 11.9. The molecular weight excluding hydrogens is 431 g/mol. The summed E-state index contributed by atoms with van der Waals surface area (Å²) in [5, 5.41) is 0. The zero-order chi connectivity index (χ0) is 18.2. The van der Waals surface area contributed by atoms with Crippen molar-refractivity contribution >= 4 is 40.3 Å². The molecule has 1 atom stereocenters. The summed E-state index contributed by atoms with van der Waals surface area (Å²) in [6.07, 6.45) is 5.29. The van der Waals surface area contributed by atoms with Crippen molar-refractivity contribution in [3.8, 4) is 0 Å². The molecule has 1 unspecified atom stereocenters. The minimum absolute atomic E-state index is 0.168. The Bertz CT molecular complexity index is 697. The van der Waals surface area contributed by atoms with Crippen LogP contribution in [0.2, 0.25) is 0 Å². The highest BCUT2D eigenvalue weighted by Gasteiger charge is 2.56. The van der Waals surface area contributed by atoms with Gasteiger partial charge in [-0.15, -0.1) is 0 Å². The summed E-state index contributed by atoms with van der Waals surface area (Å²) in [5.41, 5.74) is -0.306. The molecule has 1 aromatic rings. The van der Waals surface area contributed by atoms with Gasteiger partial charge in [0.25, 0.3) is 5.91 Å². The lowest BCUT2D eigenvalue weighted by Crippen LogP contribution is -2.52. The molecule has 0 bridgehead atoms. The topological polar surface area (TPSA) is 57.7 Å². The van der Waals surface area contributed by atoms with Gasteiger partial charge in [0, 0.05) is 16.2 Å². The molecule has 0 radical (unpaired) electrons. The van der Waals surface area contributed by atoms with Crippen molar-refractivity contribution in [3.05, 3.63) is 33.4 Å². The van der Waals surface area contributed by atoms with Crippen LogP contribution in [0.25, 0.3) is 0 Å². The van der Waals surface area contributed by atoms with E-state index in [4.69, 9.17) is 0 Å². The highest BCUT2D eigenvalue weighted by atomic mass is 127. The number of nitrogens with zero attached hydrogens (tertiary/aromatic N) is 2. The predicted molar refractivity (Wildman–Crippen MR) is 103 cm³/mol. The summed E-state index contributed by atoms with van der Waals surface area (Å²) in [5.74, 6) is -0.272. The molecule has 1 saturated heterocycles. The Hall–Kier alpha value is -1.44. The summed E-state index contributed by atoms with van der Waals surface area (Å²) >= 11 is 2.17. The molecule has 3 rings (SSSR count). The van der Waals surface area contributed by atoms with Crippen molar-refractivity contribution in [2.24, 2.45) is 5.92 Å². The minimum Gasteiger partial charge on any atom is -0.313 e. The van der Waals surface area contributed by atoms with Crippen LogP contribution in [0.4, 0.5) is 4.79 Å². The van der Waals surface area contributed by atoms with Gasteiger partial charge in [0.2, 0.25) is 0 Å². The van der Waals surface area contributed by atoms with Crippen LogP contribution in [0.3, 0.4) is 0 Å². The van der Waals surface area contributed by atoms with E-state index in [0.29, 0.717) is 5.56 Å². The average molecular weight is 454 g/mol. The summed E-state index contributed by atoms with van der Waals surface area (Å²) < 4.78 is 1.03. The van der Waals surface area contributed by atoms with Gasteiger partial charge in [-0.2, -0.15) is 0 Å².